The van der Waals surface area contributed by atoms with Gasteiger partial charge >= 0.3 is 0 Å². The van der Waals surface area contributed by atoms with Crippen LogP contribution in [0.4, 0.5) is 8.78 Å². The van der Waals surface area contributed by atoms with Crippen molar-refractivity contribution in [1.82, 2.24) is 4.90 Å². The Kier molecular flexibility index (Phi) is 5.60. The molecule has 2 rings (SSSR count). The first-order valence-electron chi connectivity index (χ1n) is 6.53. The first-order chi connectivity index (χ1) is 9.99. The molecule has 1 N–H and O–H groups in total. The molecule has 0 spiro atoms. The van der Waals surface area contributed by atoms with Crippen LogP contribution in [0.5, 0.6) is 0 Å². The maximum atomic E-state index is 12.3. The molecule has 118 valence electrons. The van der Waals surface area contributed by atoms with Crippen LogP contribution in [0, 0.1) is 0 Å². The van der Waals surface area contributed by atoms with Crippen molar-refractivity contribution >= 4 is 17.7 Å². The highest BCUT2D eigenvalue weighted by atomic mass is 32.2. The molecule has 2 atom stereocenters. The smallest absolute Gasteiger partial charge is 0.289 e. The average molecular weight is 321 g/mol. The molecule has 1 amide bonds. The van der Waals surface area contributed by atoms with E-state index in [-0.39, 0.29) is 36.7 Å². The third-order valence-corrected chi connectivity index (χ3v) is 3.74. The monoisotopic (exact) mass is 321 g/mol. The van der Waals surface area contributed by atoms with E-state index in [2.05, 4.69) is 0 Å². The second-order valence-electron chi connectivity index (χ2n) is 4.80. The first-order valence-corrected chi connectivity index (χ1v) is 7.58. The van der Waals surface area contributed by atoms with E-state index >= 15 is 0 Å². The van der Waals surface area contributed by atoms with Crippen molar-refractivity contribution in [3.05, 3.63) is 23.7 Å². The van der Waals surface area contributed by atoms with Gasteiger partial charge in [0.25, 0.3) is 11.7 Å². The van der Waals surface area contributed by atoms with Gasteiger partial charge in [-0.15, -0.1) is 0 Å². The van der Waals surface area contributed by atoms with Gasteiger partial charge in [-0.2, -0.15) is 8.78 Å². The molecule has 1 saturated heterocycles. The second-order valence-corrected chi connectivity index (χ2v) is 5.78. The van der Waals surface area contributed by atoms with Crippen molar-refractivity contribution in [2.45, 2.75) is 30.6 Å². The minimum atomic E-state index is -2.47. The molecule has 21 heavy (non-hydrogen) atoms. The molecule has 1 aromatic rings. The maximum Gasteiger partial charge on any atom is 0.289 e. The van der Waals surface area contributed by atoms with Gasteiger partial charge < -0.3 is 19.2 Å². The van der Waals surface area contributed by atoms with E-state index in [9.17, 15) is 13.6 Å². The Morgan fingerprint density at radius 1 is 1.52 bits per heavy atom. The lowest BCUT2D eigenvalue weighted by molar-refractivity contribution is -0.0863. The quantitative estimate of drug-likeness (QED) is 0.898. The summed E-state index contributed by atoms with van der Waals surface area (Å²) in [6, 6.07) is 3.01. The normalized spacial score (nSPS) is 22.8. The van der Waals surface area contributed by atoms with E-state index in [4.69, 9.17) is 14.3 Å². The zero-order chi connectivity index (χ0) is 15.4. The number of halogens is 2. The highest BCUT2D eigenvalue weighted by Gasteiger charge is 2.29. The third-order valence-electron chi connectivity index (χ3n) is 3.04. The molecule has 0 radical (unpaired) electrons. The van der Waals surface area contributed by atoms with Crippen LogP contribution < -0.4 is 0 Å². The summed E-state index contributed by atoms with van der Waals surface area (Å²) >= 11 is 0.444. The zero-order valence-electron chi connectivity index (χ0n) is 11.5. The molecule has 2 unspecified atom stereocenters. The van der Waals surface area contributed by atoms with E-state index in [1.807, 2.05) is 6.92 Å². The average Bonchev–Trinajstić information content (AvgIpc) is 2.92. The Morgan fingerprint density at radius 3 is 2.95 bits per heavy atom. The molecule has 1 aliphatic rings. The van der Waals surface area contributed by atoms with Crippen LogP contribution in [0.3, 0.4) is 0 Å². The molecule has 1 aliphatic heterocycles. The van der Waals surface area contributed by atoms with Crippen LogP contribution in [-0.2, 0) is 10.5 Å². The summed E-state index contributed by atoms with van der Waals surface area (Å²) in [4.78, 5) is 13.8. The SMILES string of the molecule is CC1CN(C(=O)c2ccc(CSC(F)F)o2)CC(CO)O1. The number of hydrogen-bond donors (Lipinski definition) is 1. The summed E-state index contributed by atoms with van der Waals surface area (Å²) in [6.45, 7) is 2.33. The van der Waals surface area contributed by atoms with Crippen molar-refractivity contribution in [3.8, 4) is 0 Å². The minimum Gasteiger partial charge on any atom is -0.455 e. The van der Waals surface area contributed by atoms with Gasteiger partial charge in [0.05, 0.1) is 24.6 Å². The number of alkyl halides is 2. The number of rotatable bonds is 5. The summed E-state index contributed by atoms with van der Waals surface area (Å²) in [7, 11) is 0. The predicted octanol–water partition coefficient (Wildman–Crippen LogP) is 1.96. The number of furan rings is 1. The van der Waals surface area contributed by atoms with Gasteiger partial charge in [0.15, 0.2) is 5.76 Å². The summed E-state index contributed by atoms with van der Waals surface area (Å²) in [5.41, 5.74) is 0. The summed E-state index contributed by atoms with van der Waals surface area (Å²) in [5, 5.41) is 9.14. The number of ether oxygens (including phenoxy) is 1. The second kappa shape index (κ2) is 7.24. The molecule has 0 aromatic carbocycles. The number of thioether (sulfide) groups is 1. The van der Waals surface area contributed by atoms with E-state index in [0.29, 0.717) is 24.1 Å². The Balaban J connectivity index is 1.99. The fourth-order valence-electron chi connectivity index (χ4n) is 2.18. The third kappa shape index (κ3) is 4.42. The molecule has 0 bridgehead atoms. The lowest BCUT2D eigenvalue weighted by Crippen LogP contribution is -2.50. The zero-order valence-corrected chi connectivity index (χ0v) is 12.3. The van der Waals surface area contributed by atoms with Crippen LogP contribution >= 0.6 is 11.8 Å². The van der Waals surface area contributed by atoms with E-state index in [1.165, 1.54) is 17.0 Å². The number of aliphatic hydroxyl groups is 1. The summed E-state index contributed by atoms with van der Waals surface area (Å²) in [5.74, 6) is -2.32. The molecule has 5 nitrogen and oxygen atoms in total. The van der Waals surface area contributed by atoms with Crippen LogP contribution in [0.1, 0.15) is 23.2 Å². The van der Waals surface area contributed by atoms with Crippen LogP contribution in [0.2, 0.25) is 0 Å². The Morgan fingerprint density at radius 2 is 2.29 bits per heavy atom. The van der Waals surface area contributed by atoms with Crippen molar-refractivity contribution in [3.63, 3.8) is 0 Å². The lowest BCUT2D eigenvalue weighted by Gasteiger charge is -2.35. The largest absolute Gasteiger partial charge is 0.455 e. The standard InChI is InChI=1S/C13H17F2NO4S/c1-8-4-16(5-10(6-17)19-8)12(18)11-3-2-9(20-11)7-21-13(14)15/h2-3,8,10,13,17H,4-7H2,1H3. The molecule has 8 heteroatoms. The van der Waals surface area contributed by atoms with Gasteiger partial charge in [-0.25, -0.2) is 0 Å². The van der Waals surface area contributed by atoms with Crippen molar-refractivity contribution in [2.24, 2.45) is 0 Å². The first kappa shape index (κ1) is 16.3. The molecule has 0 saturated carbocycles. The molecule has 1 aromatic heterocycles. The van der Waals surface area contributed by atoms with E-state index in [1.54, 1.807) is 0 Å². The van der Waals surface area contributed by atoms with Gasteiger partial charge in [0.1, 0.15) is 5.76 Å². The Hall–Kier alpha value is -1.12. The predicted molar refractivity (Wildman–Crippen MR) is 73.3 cm³/mol. The van der Waals surface area contributed by atoms with Gasteiger partial charge in [-0.3, -0.25) is 4.79 Å². The number of amides is 1. The van der Waals surface area contributed by atoms with Gasteiger partial charge in [-0.1, -0.05) is 11.8 Å². The number of hydrogen-bond acceptors (Lipinski definition) is 5. The van der Waals surface area contributed by atoms with Crippen molar-refractivity contribution < 1.29 is 27.8 Å². The highest BCUT2D eigenvalue weighted by molar-refractivity contribution is 7.98. The van der Waals surface area contributed by atoms with Crippen LogP contribution in [-0.4, -0.2) is 53.6 Å². The fourth-order valence-corrected chi connectivity index (χ4v) is 2.63. The van der Waals surface area contributed by atoms with Crippen LogP contribution in [0.25, 0.3) is 0 Å². The van der Waals surface area contributed by atoms with Gasteiger partial charge in [0, 0.05) is 13.1 Å². The van der Waals surface area contributed by atoms with E-state index < -0.39 is 11.9 Å². The number of morpholine rings is 1. The highest BCUT2D eigenvalue weighted by Crippen LogP contribution is 2.22. The van der Waals surface area contributed by atoms with Crippen molar-refractivity contribution in [1.29, 1.82) is 0 Å². The maximum absolute atomic E-state index is 12.3. The topological polar surface area (TPSA) is 62.9 Å². The van der Waals surface area contributed by atoms with Gasteiger partial charge in [-0.05, 0) is 19.1 Å². The van der Waals surface area contributed by atoms with E-state index in [0.717, 1.165) is 0 Å². The minimum absolute atomic E-state index is 0.0176. The number of carbonyl (C=O) groups is 1. The molecule has 0 aliphatic carbocycles. The van der Waals surface area contributed by atoms with Gasteiger partial charge in [0.2, 0.25) is 0 Å². The number of carbonyl (C=O) groups excluding carboxylic acids is 1. The summed E-state index contributed by atoms with van der Waals surface area (Å²) < 4.78 is 35.0. The number of aliphatic hydroxyl groups excluding tert-OH is 1. The van der Waals surface area contributed by atoms with Crippen molar-refractivity contribution in [2.75, 3.05) is 19.7 Å². The molecule has 2 heterocycles. The molecular weight excluding hydrogens is 304 g/mol. The number of nitrogens with zero attached hydrogens (tertiary/aromatic N) is 1. The lowest BCUT2D eigenvalue weighted by atomic mass is 10.2. The molecule has 1 fully saturated rings. The fraction of sp³-hybridized carbons (Fsp3) is 0.615. The molecular formula is C13H17F2NO4S. The Bertz CT molecular complexity index is 482. The van der Waals surface area contributed by atoms with Crippen LogP contribution in [0.15, 0.2) is 16.5 Å². The summed E-state index contributed by atoms with van der Waals surface area (Å²) in [6.07, 6.45) is -0.592. The Labute approximate surface area is 125 Å².